The molecular formula is C15H30N2. The van der Waals surface area contributed by atoms with E-state index >= 15 is 0 Å². The number of rotatable bonds is 9. The summed E-state index contributed by atoms with van der Waals surface area (Å²) in [4.78, 5) is 2.72. The molecule has 0 radical (unpaired) electrons. The molecule has 0 bridgehead atoms. The largest absolute Gasteiger partial charge is 0.311 e. The highest BCUT2D eigenvalue weighted by Gasteiger charge is 2.29. The Morgan fingerprint density at radius 1 is 1.06 bits per heavy atom. The maximum Gasteiger partial charge on any atom is 0.0123 e. The summed E-state index contributed by atoms with van der Waals surface area (Å²) >= 11 is 0. The molecule has 0 heterocycles. The van der Waals surface area contributed by atoms with E-state index in [0.717, 1.165) is 18.4 Å². The second-order valence-electron chi connectivity index (χ2n) is 6.81. The van der Waals surface area contributed by atoms with Crippen LogP contribution in [0, 0.1) is 11.8 Å². The van der Waals surface area contributed by atoms with Gasteiger partial charge < -0.3 is 10.2 Å². The predicted molar refractivity (Wildman–Crippen MR) is 74.3 cm³/mol. The Morgan fingerprint density at radius 2 is 1.59 bits per heavy atom. The lowest BCUT2D eigenvalue weighted by atomic mass is 10.0. The van der Waals surface area contributed by atoms with E-state index in [4.69, 9.17) is 0 Å². The first kappa shape index (κ1) is 13.4. The lowest BCUT2D eigenvalue weighted by Gasteiger charge is -2.28. The topological polar surface area (TPSA) is 15.3 Å². The minimum atomic E-state index is 0.310. The van der Waals surface area contributed by atoms with Gasteiger partial charge in [-0.3, -0.25) is 0 Å². The fourth-order valence-electron chi connectivity index (χ4n) is 2.27. The minimum Gasteiger partial charge on any atom is -0.311 e. The Balaban J connectivity index is 1.64. The third-order valence-electron chi connectivity index (χ3n) is 4.34. The van der Waals surface area contributed by atoms with E-state index < -0.39 is 0 Å². The van der Waals surface area contributed by atoms with Crippen molar-refractivity contribution >= 4 is 0 Å². The van der Waals surface area contributed by atoms with Crippen LogP contribution in [0.3, 0.4) is 0 Å². The summed E-state index contributed by atoms with van der Waals surface area (Å²) in [6.45, 7) is 12.0. The normalized spacial score (nSPS) is 21.2. The SMILES string of the molecule is CCC(C)(C)NCCN(CC1CC1)CC1CC1. The van der Waals surface area contributed by atoms with E-state index in [9.17, 15) is 0 Å². The molecule has 2 aliphatic rings. The van der Waals surface area contributed by atoms with Crippen molar-refractivity contribution in [2.75, 3.05) is 26.2 Å². The van der Waals surface area contributed by atoms with Gasteiger partial charge in [-0.25, -0.2) is 0 Å². The number of hydrogen-bond acceptors (Lipinski definition) is 2. The van der Waals surface area contributed by atoms with Crippen LogP contribution in [0.4, 0.5) is 0 Å². The zero-order valence-corrected chi connectivity index (χ0v) is 12.0. The highest BCUT2D eigenvalue weighted by Crippen LogP contribution is 2.33. The van der Waals surface area contributed by atoms with Crippen molar-refractivity contribution in [3.05, 3.63) is 0 Å². The minimum absolute atomic E-state index is 0.310. The predicted octanol–water partition coefficient (Wildman–Crippen LogP) is 2.89. The quantitative estimate of drug-likeness (QED) is 0.664. The smallest absolute Gasteiger partial charge is 0.0123 e. The van der Waals surface area contributed by atoms with E-state index in [1.165, 1.54) is 51.7 Å². The van der Waals surface area contributed by atoms with Gasteiger partial charge in [0.25, 0.3) is 0 Å². The molecule has 0 aromatic heterocycles. The molecule has 0 unspecified atom stereocenters. The first-order valence-corrected chi connectivity index (χ1v) is 7.56. The van der Waals surface area contributed by atoms with Gasteiger partial charge in [-0.15, -0.1) is 0 Å². The monoisotopic (exact) mass is 238 g/mol. The Morgan fingerprint density at radius 3 is 2.00 bits per heavy atom. The fourth-order valence-corrected chi connectivity index (χ4v) is 2.27. The molecule has 0 saturated heterocycles. The van der Waals surface area contributed by atoms with E-state index in [0.29, 0.717) is 5.54 Å². The summed E-state index contributed by atoms with van der Waals surface area (Å²) in [5, 5.41) is 3.68. The molecule has 0 atom stereocenters. The van der Waals surface area contributed by atoms with Crippen LogP contribution in [0.2, 0.25) is 0 Å². The van der Waals surface area contributed by atoms with Crippen molar-refractivity contribution in [1.29, 1.82) is 0 Å². The van der Waals surface area contributed by atoms with Crippen LogP contribution in [-0.4, -0.2) is 36.6 Å². The molecule has 2 saturated carbocycles. The first-order valence-electron chi connectivity index (χ1n) is 7.56. The summed E-state index contributed by atoms with van der Waals surface area (Å²) < 4.78 is 0. The van der Waals surface area contributed by atoms with Crippen LogP contribution < -0.4 is 5.32 Å². The molecule has 17 heavy (non-hydrogen) atoms. The molecule has 0 amide bonds. The molecule has 100 valence electrons. The highest BCUT2D eigenvalue weighted by molar-refractivity contribution is 4.83. The molecular weight excluding hydrogens is 208 g/mol. The van der Waals surface area contributed by atoms with Crippen LogP contribution in [-0.2, 0) is 0 Å². The van der Waals surface area contributed by atoms with E-state index in [2.05, 4.69) is 31.0 Å². The third kappa shape index (κ3) is 5.39. The Bertz CT molecular complexity index is 215. The summed E-state index contributed by atoms with van der Waals surface area (Å²) in [6, 6.07) is 0. The standard InChI is InChI=1S/C15H30N2/c1-4-15(2,3)16-9-10-17(11-13-5-6-13)12-14-7-8-14/h13-14,16H,4-12H2,1-3H3. The number of nitrogens with zero attached hydrogens (tertiary/aromatic N) is 1. The average Bonchev–Trinajstić information content (AvgIpc) is 3.13. The van der Waals surface area contributed by atoms with Crippen LogP contribution in [0.1, 0.15) is 52.9 Å². The second kappa shape index (κ2) is 5.71. The van der Waals surface area contributed by atoms with Crippen molar-refractivity contribution in [1.82, 2.24) is 10.2 Å². The second-order valence-corrected chi connectivity index (χ2v) is 6.81. The molecule has 0 aromatic rings. The van der Waals surface area contributed by atoms with Crippen molar-refractivity contribution in [3.8, 4) is 0 Å². The van der Waals surface area contributed by atoms with Crippen molar-refractivity contribution in [2.24, 2.45) is 11.8 Å². The van der Waals surface area contributed by atoms with Gasteiger partial charge in [0, 0.05) is 31.7 Å². The molecule has 2 nitrogen and oxygen atoms in total. The van der Waals surface area contributed by atoms with Gasteiger partial charge in [-0.1, -0.05) is 6.92 Å². The Hall–Kier alpha value is -0.0800. The molecule has 1 N–H and O–H groups in total. The van der Waals surface area contributed by atoms with Gasteiger partial charge >= 0.3 is 0 Å². The summed E-state index contributed by atoms with van der Waals surface area (Å²) in [7, 11) is 0. The van der Waals surface area contributed by atoms with Crippen molar-refractivity contribution < 1.29 is 0 Å². The van der Waals surface area contributed by atoms with Gasteiger partial charge in [0.05, 0.1) is 0 Å². The zero-order chi connectivity index (χ0) is 12.3. The molecule has 0 aliphatic heterocycles. The maximum atomic E-state index is 3.68. The third-order valence-corrected chi connectivity index (χ3v) is 4.34. The molecule has 2 fully saturated rings. The Kier molecular flexibility index (Phi) is 4.48. The van der Waals surface area contributed by atoms with E-state index in [-0.39, 0.29) is 0 Å². The van der Waals surface area contributed by atoms with E-state index in [1.807, 2.05) is 0 Å². The first-order chi connectivity index (χ1) is 8.09. The summed E-state index contributed by atoms with van der Waals surface area (Å²) in [5.74, 6) is 2.07. The zero-order valence-electron chi connectivity index (χ0n) is 12.0. The van der Waals surface area contributed by atoms with Gasteiger partial charge in [0.1, 0.15) is 0 Å². The highest BCUT2D eigenvalue weighted by atomic mass is 15.2. The summed E-state index contributed by atoms with van der Waals surface area (Å²) in [6.07, 6.45) is 7.13. The number of hydrogen-bond donors (Lipinski definition) is 1. The average molecular weight is 238 g/mol. The summed E-state index contributed by atoms with van der Waals surface area (Å²) in [5.41, 5.74) is 0.310. The van der Waals surface area contributed by atoms with E-state index in [1.54, 1.807) is 0 Å². The molecule has 0 spiro atoms. The fraction of sp³-hybridized carbons (Fsp3) is 1.00. The van der Waals surface area contributed by atoms with Gasteiger partial charge in [0.15, 0.2) is 0 Å². The maximum absolute atomic E-state index is 3.68. The molecule has 2 aliphatic carbocycles. The van der Waals surface area contributed by atoms with Gasteiger partial charge in [-0.05, 0) is 57.8 Å². The number of nitrogens with one attached hydrogen (secondary N) is 1. The van der Waals surface area contributed by atoms with Crippen LogP contribution in [0.15, 0.2) is 0 Å². The molecule has 2 heteroatoms. The van der Waals surface area contributed by atoms with Crippen LogP contribution in [0.5, 0.6) is 0 Å². The van der Waals surface area contributed by atoms with Gasteiger partial charge in [0.2, 0.25) is 0 Å². The lowest BCUT2D eigenvalue weighted by molar-refractivity contribution is 0.239. The Labute approximate surface area is 107 Å². The van der Waals surface area contributed by atoms with Crippen molar-refractivity contribution in [2.45, 2.75) is 58.4 Å². The van der Waals surface area contributed by atoms with Crippen LogP contribution in [0.25, 0.3) is 0 Å². The lowest BCUT2D eigenvalue weighted by Crippen LogP contribution is -2.43. The molecule has 2 rings (SSSR count). The van der Waals surface area contributed by atoms with Gasteiger partial charge in [-0.2, -0.15) is 0 Å². The molecule has 0 aromatic carbocycles. The van der Waals surface area contributed by atoms with Crippen molar-refractivity contribution in [3.63, 3.8) is 0 Å². The van der Waals surface area contributed by atoms with Crippen LogP contribution >= 0.6 is 0 Å².